The van der Waals surface area contributed by atoms with E-state index in [2.05, 4.69) is 21.4 Å². The standard InChI is InChI=1S/C25H21Cl2N5O3/c26-19-6-2-7-20(27)22(19)23(33)31-21(24(34)35)8-1-5-17-9-11-18(12-10-17)32(16-3-13-28)25-29-14-4-15-30-25/h1-2,4-7,9-12,14-15,21H,3,8,16H2,(H,31,33)(H,34,35)/b5-1+. The number of halogens is 2. The van der Waals surface area contributed by atoms with Gasteiger partial charge in [0.15, 0.2) is 0 Å². The molecule has 3 rings (SSSR count). The van der Waals surface area contributed by atoms with Gasteiger partial charge in [0.2, 0.25) is 5.95 Å². The molecule has 0 aliphatic rings. The lowest BCUT2D eigenvalue weighted by molar-refractivity contribution is -0.139. The number of carboxylic acid groups (broad SMARTS) is 1. The first-order valence-electron chi connectivity index (χ1n) is 10.6. The van der Waals surface area contributed by atoms with Gasteiger partial charge in [0.25, 0.3) is 5.91 Å². The average molecular weight is 510 g/mol. The summed E-state index contributed by atoms with van der Waals surface area (Å²) in [5, 5.41) is 21.2. The van der Waals surface area contributed by atoms with Gasteiger partial charge in [-0.15, -0.1) is 0 Å². The molecular formula is C25H21Cl2N5O3. The minimum Gasteiger partial charge on any atom is -0.480 e. The van der Waals surface area contributed by atoms with Crippen molar-refractivity contribution in [2.75, 3.05) is 11.4 Å². The Kier molecular flexibility index (Phi) is 9.18. The van der Waals surface area contributed by atoms with E-state index in [9.17, 15) is 14.7 Å². The Morgan fingerprint density at radius 2 is 1.74 bits per heavy atom. The molecule has 1 unspecified atom stereocenters. The fourth-order valence-electron chi connectivity index (χ4n) is 3.21. The third kappa shape index (κ3) is 7.03. The van der Waals surface area contributed by atoms with Crippen LogP contribution < -0.4 is 10.2 Å². The van der Waals surface area contributed by atoms with E-state index in [0.29, 0.717) is 18.9 Å². The number of rotatable bonds is 10. The van der Waals surface area contributed by atoms with Gasteiger partial charge in [-0.1, -0.05) is 53.6 Å². The van der Waals surface area contributed by atoms with Crippen molar-refractivity contribution < 1.29 is 14.7 Å². The molecule has 1 aromatic heterocycles. The molecule has 3 aromatic rings. The van der Waals surface area contributed by atoms with E-state index in [-0.39, 0.29) is 22.0 Å². The zero-order valence-electron chi connectivity index (χ0n) is 18.4. The molecule has 0 saturated carbocycles. The molecule has 0 spiro atoms. The number of carbonyl (C=O) groups excluding carboxylic acids is 1. The maximum absolute atomic E-state index is 12.5. The molecule has 0 aliphatic heterocycles. The first-order chi connectivity index (χ1) is 16.9. The summed E-state index contributed by atoms with van der Waals surface area (Å²) in [6.07, 6.45) is 7.05. The van der Waals surface area contributed by atoms with Crippen LogP contribution in [0.15, 0.2) is 67.0 Å². The molecule has 0 radical (unpaired) electrons. The highest BCUT2D eigenvalue weighted by atomic mass is 35.5. The third-order valence-electron chi connectivity index (χ3n) is 4.92. The number of hydrogen-bond donors (Lipinski definition) is 2. The molecular weight excluding hydrogens is 489 g/mol. The highest BCUT2D eigenvalue weighted by Crippen LogP contribution is 2.25. The highest BCUT2D eigenvalue weighted by molar-refractivity contribution is 6.39. The van der Waals surface area contributed by atoms with E-state index >= 15 is 0 Å². The van der Waals surface area contributed by atoms with Crippen molar-refractivity contribution in [1.82, 2.24) is 15.3 Å². The first-order valence-corrected chi connectivity index (χ1v) is 11.3. The molecule has 35 heavy (non-hydrogen) atoms. The van der Waals surface area contributed by atoms with E-state index < -0.39 is 17.9 Å². The van der Waals surface area contributed by atoms with Gasteiger partial charge in [0.1, 0.15) is 6.04 Å². The number of carboxylic acids is 1. The minimum atomic E-state index is -1.18. The van der Waals surface area contributed by atoms with Crippen LogP contribution in [-0.2, 0) is 4.79 Å². The van der Waals surface area contributed by atoms with E-state index in [1.165, 1.54) is 12.1 Å². The van der Waals surface area contributed by atoms with Crippen LogP contribution in [0.2, 0.25) is 10.0 Å². The zero-order chi connectivity index (χ0) is 25.2. The fraction of sp³-hybridized carbons (Fsp3) is 0.160. The molecule has 2 N–H and O–H groups in total. The number of amides is 1. The Balaban J connectivity index is 1.68. The summed E-state index contributed by atoms with van der Waals surface area (Å²) < 4.78 is 0. The minimum absolute atomic E-state index is 0.0324. The van der Waals surface area contributed by atoms with Crippen LogP contribution in [0.1, 0.15) is 28.8 Å². The van der Waals surface area contributed by atoms with Crippen molar-refractivity contribution in [3.8, 4) is 6.07 Å². The number of nitriles is 1. The molecule has 10 heteroatoms. The Morgan fingerprint density at radius 1 is 1.09 bits per heavy atom. The maximum atomic E-state index is 12.5. The van der Waals surface area contributed by atoms with Gasteiger partial charge in [0.05, 0.1) is 28.1 Å². The van der Waals surface area contributed by atoms with E-state index in [1.807, 2.05) is 29.2 Å². The zero-order valence-corrected chi connectivity index (χ0v) is 19.9. The summed E-state index contributed by atoms with van der Waals surface area (Å²) in [6.45, 7) is 0.436. The van der Waals surface area contributed by atoms with Gasteiger partial charge in [-0.2, -0.15) is 5.26 Å². The topological polar surface area (TPSA) is 119 Å². The van der Waals surface area contributed by atoms with E-state index in [0.717, 1.165) is 11.3 Å². The fourth-order valence-corrected chi connectivity index (χ4v) is 3.78. The number of benzene rings is 2. The molecule has 8 nitrogen and oxygen atoms in total. The number of nitrogens with one attached hydrogen (secondary N) is 1. The van der Waals surface area contributed by atoms with Gasteiger partial charge in [-0.25, -0.2) is 14.8 Å². The Labute approximate surface area is 212 Å². The Hall–Kier alpha value is -3.93. The molecule has 0 aliphatic carbocycles. The molecule has 178 valence electrons. The van der Waals surface area contributed by atoms with Crippen molar-refractivity contribution in [3.63, 3.8) is 0 Å². The second-order valence-corrected chi connectivity index (χ2v) is 8.11. The largest absolute Gasteiger partial charge is 0.480 e. The van der Waals surface area contributed by atoms with Crippen molar-refractivity contribution in [3.05, 3.63) is 88.2 Å². The molecule has 0 saturated heterocycles. The lowest BCUT2D eigenvalue weighted by Gasteiger charge is -2.21. The van der Waals surface area contributed by atoms with Crippen LogP contribution >= 0.6 is 23.2 Å². The Morgan fingerprint density at radius 3 is 2.34 bits per heavy atom. The number of anilines is 2. The second kappa shape index (κ2) is 12.5. The van der Waals surface area contributed by atoms with Gasteiger partial charge in [0, 0.05) is 24.6 Å². The predicted octanol–water partition coefficient (Wildman–Crippen LogP) is 5.12. The number of nitrogens with zero attached hydrogens (tertiary/aromatic N) is 4. The number of aliphatic carboxylic acids is 1. The SMILES string of the molecule is N#CCCN(c1ccc(/C=C/CC(NC(=O)c2c(Cl)cccc2Cl)C(=O)O)cc1)c1ncccn1. The summed E-state index contributed by atoms with van der Waals surface area (Å²) >= 11 is 12.1. The number of carbonyl (C=O) groups is 2. The van der Waals surface area contributed by atoms with E-state index in [1.54, 1.807) is 36.7 Å². The van der Waals surface area contributed by atoms with Crippen LogP contribution in [0.3, 0.4) is 0 Å². The van der Waals surface area contributed by atoms with Crippen LogP contribution in [0.5, 0.6) is 0 Å². The molecule has 0 bridgehead atoms. The molecule has 1 amide bonds. The van der Waals surface area contributed by atoms with Crippen molar-refractivity contribution in [2.45, 2.75) is 18.9 Å². The van der Waals surface area contributed by atoms with Crippen LogP contribution in [0.25, 0.3) is 6.08 Å². The van der Waals surface area contributed by atoms with Crippen molar-refractivity contribution in [1.29, 1.82) is 5.26 Å². The lowest BCUT2D eigenvalue weighted by Crippen LogP contribution is -2.40. The predicted molar refractivity (Wildman–Crippen MR) is 135 cm³/mol. The second-order valence-electron chi connectivity index (χ2n) is 7.30. The molecule has 1 heterocycles. The molecule has 2 aromatic carbocycles. The summed E-state index contributed by atoms with van der Waals surface area (Å²) in [6, 6.07) is 14.7. The monoisotopic (exact) mass is 509 g/mol. The summed E-state index contributed by atoms with van der Waals surface area (Å²) in [5.41, 5.74) is 1.67. The average Bonchev–Trinajstić information content (AvgIpc) is 2.85. The third-order valence-corrected chi connectivity index (χ3v) is 5.55. The number of aromatic nitrogens is 2. The summed E-state index contributed by atoms with van der Waals surface area (Å²) in [4.78, 5) is 34.5. The van der Waals surface area contributed by atoms with Crippen molar-refractivity contribution >= 4 is 52.8 Å². The van der Waals surface area contributed by atoms with Gasteiger partial charge < -0.3 is 15.3 Å². The lowest BCUT2D eigenvalue weighted by atomic mass is 10.1. The van der Waals surface area contributed by atoms with E-state index in [4.69, 9.17) is 28.5 Å². The first kappa shape index (κ1) is 25.7. The Bertz CT molecular complexity index is 1220. The quantitative estimate of drug-likeness (QED) is 0.389. The van der Waals surface area contributed by atoms with Gasteiger partial charge in [-0.05, 0) is 42.3 Å². The molecule has 0 fully saturated rings. The van der Waals surface area contributed by atoms with Crippen LogP contribution in [-0.4, -0.2) is 39.5 Å². The highest BCUT2D eigenvalue weighted by Gasteiger charge is 2.22. The molecule has 1 atom stereocenters. The smallest absolute Gasteiger partial charge is 0.326 e. The number of hydrogen-bond acceptors (Lipinski definition) is 6. The normalized spacial score (nSPS) is 11.6. The maximum Gasteiger partial charge on any atom is 0.326 e. The van der Waals surface area contributed by atoms with Gasteiger partial charge in [-0.3, -0.25) is 4.79 Å². The van der Waals surface area contributed by atoms with Crippen LogP contribution in [0.4, 0.5) is 11.6 Å². The van der Waals surface area contributed by atoms with Crippen LogP contribution in [0, 0.1) is 11.3 Å². The summed E-state index contributed by atoms with van der Waals surface area (Å²) in [7, 11) is 0. The van der Waals surface area contributed by atoms with Gasteiger partial charge >= 0.3 is 5.97 Å². The van der Waals surface area contributed by atoms with Crippen molar-refractivity contribution in [2.24, 2.45) is 0 Å². The summed E-state index contributed by atoms with van der Waals surface area (Å²) in [5.74, 6) is -1.35.